The summed E-state index contributed by atoms with van der Waals surface area (Å²) in [6, 6.07) is 0. The zero-order chi connectivity index (χ0) is 23.6. The largest absolute Gasteiger partial charge is 0.444 e. The lowest BCUT2D eigenvalue weighted by atomic mass is 9.81. The first-order valence-electron chi connectivity index (χ1n) is 10.7. The maximum absolute atomic E-state index is 12.7. The average Bonchev–Trinajstić information content (AvgIpc) is 2.69. The minimum absolute atomic E-state index is 0.138. The number of carbonyl (C=O) groups is 3. The molecule has 2 aliphatic rings. The van der Waals surface area contributed by atoms with E-state index >= 15 is 0 Å². The Balaban J connectivity index is 1.75. The first-order valence-corrected chi connectivity index (χ1v) is 10.7. The van der Waals surface area contributed by atoms with Gasteiger partial charge in [-0.2, -0.15) is 0 Å². The highest BCUT2D eigenvalue weighted by Gasteiger charge is 2.41. The SMILES string of the molecule is CC(C)(C)OC(=O)NCCCCCNC(=O)OC1C#CC=CC#CC2(O)CCC=C1C2=O. The molecule has 0 fully saturated rings. The molecule has 2 rings (SSSR count). The number of hydrogen-bond acceptors (Lipinski definition) is 6. The predicted octanol–water partition coefficient (Wildman–Crippen LogP) is 2.37. The van der Waals surface area contributed by atoms with E-state index in [1.807, 2.05) is 0 Å². The molecule has 2 atom stereocenters. The number of alkyl carbamates (subject to hydrolysis) is 2. The van der Waals surface area contributed by atoms with Gasteiger partial charge in [-0.1, -0.05) is 23.8 Å². The van der Waals surface area contributed by atoms with E-state index in [0.29, 0.717) is 25.9 Å². The van der Waals surface area contributed by atoms with Crippen molar-refractivity contribution in [3.63, 3.8) is 0 Å². The van der Waals surface area contributed by atoms with E-state index in [1.165, 1.54) is 12.2 Å². The molecule has 0 saturated carbocycles. The lowest BCUT2D eigenvalue weighted by molar-refractivity contribution is -0.130. The predicted molar refractivity (Wildman–Crippen MR) is 118 cm³/mol. The fourth-order valence-electron chi connectivity index (χ4n) is 3.04. The van der Waals surface area contributed by atoms with Gasteiger partial charge in [0.1, 0.15) is 5.60 Å². The first kappa shape index (κ1) is 25.0. The second-order valence-corrected chi connectivity index (χ2v) is 8.48. The first-order chi connectivity index (χ1) is 15.1. The van der Waals surface area contributed by atoms with E-state index in [-0.39, 0.29) is 12.0 Å². The zero-order valence-electron chi connectivity index (χ0n) is 18.7. The van der Waals surface area contributed by atoms with Gasteiger partial charge < -0.3 is 25.2 Å². The normalized spacial score (nSPS) is 21.7. The van der Waals surface area contributed by atoms with Crippen molar-refractivity contribution in [3.05, 3.63) is 23.8 Å². The summed E-state index contributed by atoms with van der Waals surface area (Å²) in [6.07, 6.45) is 5.11. The summed E-state index contributed by atoms with van der Waals surface area (Å²) in [7, 11) is 0. The van der Waals surface area contributed by atoms with Crippen LogP contribution in [-0.2, 0) is 14.3 Å². The van der Waals surface area contributed by atoms with Gasteiger partial charge >= 0.3 is 12.2 Å². The van der Waals surface area contributed by atoms with Crippen molar-refractivity contribution in [2.24, 2.45) is 0 Å². The van der Waals surface area contributed by atoms with Gasteiger partial charge in [-0.15, -0.1) is 0 Å². The molecule has 0 heterocycles. The van der Waals surface area contributed by atoms with Gasteiger partial charge in [-0.25, -0.2) is 9.59 Å². The van der Waals surface area contributed by atoms with Gasteiger partial charge in [-0.3, -0.25) is 4.79 Å². The van der Waals surface area contributed by atoms with Crippen LogP contribution >= 0.6 is 0 Å². The van der Waals surface area contributed by atoms with Crippen LogP contribution in [0.15, 0.2) is 23.8 Å². The number of fused-ring (bicyclic) bond motifs is 2. The van der Waals surface area contributed by atoms with Crippen LogP contribution in [0.1, 0.15) is 52.9 Å². The van der Waals surface area contributed by atoms with Gasteiger partial charge in [-0.05, 0) is 70.9 Å². The number of unbranched alkanes of at least 4 members (excludes halogenated alkanes) is 2. The molecule has 8 nitrogen and oxygen atoms in total. The molecular formula is C24H30N2O6. The van der Waals surface area contributed by atoms with Crippen molar-refractivity contribution in [2.45, 2.75) is 70.2 Å². The van der Waals surface area contributed by atoms with Crippen LogP contribution in [0.5, 0.6) is 0 Å². The number of nitrogens with one attached hydrogen (secondary N) is 2. The van der Waals surface area contributed by atoms with Gasteiger partial charge in [0.05, 0.1) is 0 Å². The Morgan fingerprint density at radius 2 is 1.78 bits per heavy atom. The summed E-state index contributed by atoms with van der Waals surface area (Å²) in [4.78, 5) is 36.4. The third-order valence-corrected chi connectivity index (χ3v) is 4.55. The van der Waals surface area contributed by atoms with Gasteiger partial charge in [0.2, 0.25) is 5.78 Å². The number of allylic oxidation sites excluding steroid dienone is 3. The average molecular weight is 443 g/mol. The molecular weight excluding hydrogens is 412 g/mol. The molecule has 0 aromatic heterocycles. The molecule has 2 unspecified atom stereocenters. The van der Waals surface area contributed by atoms with Crippen LogP contribution in [0, 0.1) is 23.7 Å². The minimum atomic E-state index is -1.79. The fraction of sp³-hybridized carbons (Fsp3) is 0.542. The molecule has 2 amide bonds. The molecule has 32 heavy (non-hydrogen) atoms. The Bertz CT molecular complexity index is 907. The lowest BCUT2D eigenvalue weighted by Gasteiger charge is -2.28. The Morgan fingerprint density at radius 1 is 1.12 bits per heavy atom. The molecule has 8 heteroatoms. The van der Waals surface area contributed by atoms with Gasteiger partial charge in [0.25, 0.3) is 0 Å². The quantitative estimate of drug-likeness (QED) is 0.412. The summed E-state index contributed by atoms with van der Waals surface area (Å²) >= 11 is 0. The molecule has 0 aliphatic heterocycles. The van der Waals surface area contributed by atoms with Crippen LogP contribution in [0.3, 0.4) is 0 Å². The monoisotopic (exact) mass is 442 g/mol. The molecule has 0 aromatic rings. The fourth-order valence-corrected chi connectivity index (χ4v) is 3.04. The number of ketones is 1. The summed E-state index contributed by atoms with van der Waals surface area (Å²) in [6.45, 7) is 6.25. The van der Waals surface area contributed by atoms with Crippen molar-refractivity contribution in [1.82, 2.24) is 10.6 Å². The number of Topliss-reactive ketones (excluding diaryl/α,β-unsaturated/α-hetero) is 1. The molecule has 0 saturated heterocycles. The van der Waals surface area contributed by atoms with Crippen molar-refractivity contribution in [1.29, 1.82) is 0 Å². The smallest absolute Gasteiger partial charge is 0.408 e. The summed E-state index contributed by atoms with van der Waals surface area (Å²) in [5, 5.41) is 15.9. The van der Waals surface area contributed by atoms with E-state index in [9.17, 15) is 19.5 Å². The number of ether oxygens (including phenoxy) is 2. The van der Waals surface area contributed by atoms with E-state index in [0.717, 1.165) is 12.8 Å². The van der Waals surface area contributed by atoms with E-state index < -0.39 is 35.3 Å². The highest BCUT2D eigenvalue weighted by atomic mass is 16.6. The molecule has 0 aromatic carbocycles. The van der Waals surface area contributed by atoms with Gasteiger partial charge in [0.15, 0.2) is 11.7 Å². The minimum Gasteiger partial charge on any atom is -0.444 e. The molecule has 3 N–H and O–H groups in total. The van der Waals surface area contributed by atoms with Crippen molar-refractivity contribution >= 4 is 18.0 Å². The highest BCUT2D eigenvalue weighted by molar-refractivity contribution is 6.06. The molecule has 0 radical (unpaired) electrons. The van der Waals surface area contributed by atoms with E-state index in [2.05, 4.69) is 34.3 Å². The van der Waals surface area contributed by atoms with Crippen molar-refractivity contribution < 1.29 is 29.0 Å². The van der Waals surface area contributed by atoms with Gasteiger partial charge in [0, 0.05) is 18.7 Å². The topological polar surface area (TPSA) is 114 Å². The highest BCUT2D eigenvalue weighted by Crippen LogP contribution is 2.27. The summed E-state index contributed by atoms with van der Waals surface area (Å²) < 4.78 is 10.5. The molecule has 2 aliphatic carbocycles. The van der Waals surface area contributed by atoms with E-state index in [4.69, 9.17) is 9.47 Å². The third kappa shape index (κ3) is 8.13. The number of rotatable bonds is 7. The number of aliphatic hydroxyl groups is 1. The molecule has 0 spiro atoms. The lowest BCUT2D eigenvalue weighted by Crippen LogP contribution is -2.44. The van der Waals surface area contributed by atoms with Crippen LogP contribution in [-0.4, -0.2) is 53.5 Å². The van der Waals surface area contributed by atoms with E-state index in [1.54, 1.807) is 26.8 Å². The van der Waals surface area contributed by atoms with Crippen LogP contribution in [0.25, 0.3) is 0 Å². The second-order valence-electron chi connectivity index (χ2n) is 8.48. The van der Waals surface area contributed by atoms with Crippen LogP contribution in [0.4, 0.5) is 9.59 Å². The summed E-state index contributed by atoms with van der Waals surface area (Å²) in [5.74, 6) is 10.0. The number of amides is 2. The van der Waals surface area contributed by atoms with Crippen molar-refractivity contribution in [2.75, 3.05) is 13.1 Å². The Morgan fingerprint density at radius 3 is 2.47 bits per heavy atom. The van der Waals surface area contributed by atoms with Crippen molar-refractivity contribution in [3.8, 4) is 23.7 Å². The Kier molecular flexibility index (Phi) is 8.92. The standard InChI is InChI=1S/C24H30N2O6/c1-23(2,3)32-22(29)26-17-10-6-9-16-25-21(28)31-19-13-7-4-5-8-14-24(30)15-11-12-18(19)20(24)27/h4-5,12,19,30H,6,9-11,15-17H2,1-3H3,(H,25,28)(H,26,29). The second kappa shape index (κ2) is 11.4. The summed E-state index contributed by atoms with van der Waals surface area (Å²) in [5.41, 5.74) is -2.19. The molecule has 2 bridgehead atoms. The zero-order valence-corrected chi connectivity index (χ0v) is 18.7. The third-order valence-electron chi connectivity index (χ3n) is 4.55. The molecule has 172 valence electrons. The maximum Gasteiger partial charge on any atom is 0.408 e. The Labute approximate surface area is 188 Å². The maximum atomic E-state index is 12.7. The number of hydrogen-bond donors (Lipinski definition) is 3. The Hall–Kier alpha value is -3.23. The van der Waals surface area contributed by atoms with Crippen LogP contribution in [0.2, 0.25) is 0 Å². The number of carbonyl (C=O) groups excluding carboxylic acids is 3. The van der Waals surface area contributed by atoms with Crippen LogP contribution < -0.4 is 10.6 Å².